The van der Waals surface area contributed by atoms with Crippen molar-refractivity contribution in [1.82, 2.24) is 15.5 Å². The molecule has 1 saturated heterocycles. The van der Waals surface area contributed by atoms with Gasteiger partial charge < -0.3 is 25.0 Å². The standard InChI is InChI=1S/C18H29N3O3/c1-18(2,14-23-13-15-7-5-4-6-8-15)20-17(22)19-11-16-12-21(3)9-10-24-16/h4-8,16H,9-14H2,1-3H3,(H2,19,20,22)/t16-/m0/s1. The zero-order valence-corrected chi connectivity index (χ0v) is 14.9. The zero-order chi connectivity index (χ0) is 17.4. The number of nitrogens with one attached hydrogen (secondary N) is 2. The zero-order valence-electron chi connectivity index (χ0n) is 14.9. The Bertz CT molecular complexity index is 507. The smallest absolute Gasteiger partial charge is 0.315 e. The summed E-state index contributed by atoms with van der Waals surface area (Å²) in [4.78, 5) is 14.3. The highest BCUT2D eigenvalue weighted by Crippen LogP contribution is 2.07. The quantitative estimate of drug-likeness (QED) is 0.795. The van der Waals surface area contributed by atoms with Gasteiger partial charge in [0, 0.05) is 19.6 Å². The van der Waals surface area contributed by atoms with E-state index in [1.165, 1.54) is 0 Å². The third kappa shape index (κ3) is 6.86. The molecule has 2 N–H and O–H groups in total. The number of likely N-dealkylation sites (N-methyl/N-ethyl adjacent to an activating group) is 1. The van der Waals surface area contributed by atoms with Crippen molar-refractivity contribution in [2.75, 3.05) is 39.9 Å². The Morgan fingerprint density at radius 1 is 1.38 bits per heavy atom. The number of benzene rings is 1. The molecule has 0 aliphatic carbocycles. The van der Waals surface area contributed by atoms with Gasteiger partial charge in [-0.3, -0.25) is 0 Å². The number of morpholine rings is 1. The third-order valence-electron chi connectivity index (χ3n) is 3.86. The van der Waals surface area contributed by atoms with E-state index in [-0.39, 0.29) is 12.1 Å². The van der Waals surface area contributed by atoms with Crippen LogP contribution in [0.15, 0.2) is 30.3 Å². The van der Waals surface area contributed by atoms with Crippen LogP contribution in [0.3, 0.4) is 0 Å². The fourth-order valence-electron chi connectivity index (χ4n) is 2.58. The molecule has 1 aromatic carbocycles. The first-order valence-electron chi connectivity index (χ1n) is 8.42. The molecular formula is C18H29N3O3. The average Bonchev–Trinajstić information content (AvgIpc) is 2.53. The van der Waals surface area contributed by atoms with Gasteiger partial charge in [0.15, 0.2) is 0 Å². The maximum absolute atomic E-state index is 12.1. The lowest BCUT2D eigenvalue weighted by Gasteiger charge is -2.31. The van der Waals surface area contributed by atoms with Crippen molar-refractivity contribution in [2.45, 2.75) is 32.1 Å². The van der Waals surface area contributed by atoms with Crippen LogP contribution in [0.1, 0.15) is 19.4 Å². The number of carbonyl (C=O) groups excluding carboxylic acids is 1. The lowest BCUT2D eigenvalue weighted by molar-refractivity contribution is -0.0169. The fourth-order valence-corrected chi connectivity index (χ4v) is 2.58. The van der Waals surface area contributed by atoms with Crippen LogP contribution in [0.2, 0.25) is 0 Å². The van der Waals surface area contributed by atoms with E-state index in [9.17, 15) is 4.79 Å². The van der Waals surface area contributed by atoms with Crippen LogP contribution >= 0.6 is 0 Å². The molecular weight excluding hydrogens is 306 g/mol. The van der Waals surface area contributed by atoms with Crippen LogP contribution in [0.25, 0.3) is 0 Å². The average molecular weight is 335 g/mol. The van der Waals surface area contributed by atoms with Gasteiger partial charge in [-0.15, -0.1) is 0 Å². The Balaban J connectivity index is 1.65. The first-order valence-corrected chi connectivity index (χ1v) is 8.42. The minimum Gasteiger partial charge on any atom is -0.374 e. The molecule has 6 nitrogen and oxygen atoms in total. The Kier molecular flexibility index (Phi) is 7.02. The first kappa shape index (κ1) is 18.7. The van der Waals surface area contributed by atoms with E-state index < -0.39 is 5.54 Å². The number of hydrogen-bond acceptors (Lipinski definition) is 4. The van der Waals surface area contributed by atoms with E-state index >= 15 is 0 Å². The second kappa shape index (κ2) is 9.01. The SMILES string of the molecule is CN1CCO[C@@H](CNC(=O)NC(C)(C)COCc2ccccc2)C1. The second-order valence-corrected chi connectivity index (χ2v) is 6.95. The second-order valence-electron chi connectivity index (χ2n) is 6.95. The van der Waals surface area contributed by atoms with E-state index in [0.717, 1.165) is 18.7 Å². The number of amides is 2. The lowest BCUT2D eigenvalue weighted by atomic mass is 10.1. The molecule has 134 valence electrons. The number of ether oxygens (including phenoxy) is 2. The third-order valence-corrected chi connectivity index (χ3v) is 3.86. The predicted molar refractivity (Wildman–Crippen MR) is 93.9 cm³/mol. The highest BCUT2D eigenvalue weighted by atomic mass is 16.5. The molecule has 0 spiro atoms. The molecule has 0 radical (unpaired) electrons. The minimum atomic E-state index is -0.441. The number of hydrogen-bond donors (Lipinski definition) is 2. The Morgan fingerprint density at radius 3 is 2.83 bits per heavy atom. The van der Waals surface area contributed by atoms with Crippen molar-refractivity contribution in [3.8, 4) is 0 Å². The molecule has 2 amide bonds. The van der Waals surface area contributed by atoms with Crippen LogP contribution in [-0.4, -0.2) is 62.5 Å². The Labute approximate surface area is 144 Å². The van der Waals surface area contributed by atoms with Gasteiger partial charge in [-0.1, -0.05) is 30.3 Å². The largest absolute Gasteiger partial charge is 0.374 e. The maximum Gasteiger partial charge on any atom is 0.315 e. The first-order chi connectivity index (χ1) is 11.4. The van der Waals surface area contributed by atoms with E-state index in [1.54, 1.807) is 0 Å². The molecule has 0 bridgehead atoms. The van der Waals surface area contributed by atoms with Gasteiger partial charge in [-0.2, -0.15) is 0 Å². The number of carbonyl (C=O) groups is 1. The topological polar surface area (TPSA) is 62.8 Å². The summed E-state index contributed by atoms with van der Waals surface area (Å²) in [6.07, 6.45) is 0.0481. The van der Waals surface area contributed by atoms with Gasteiger partial charge in [0.05, 0.1) is 31.5 Å². The molecule has 6 heteroatoms. The molecule has 1 heterocycles. The monoisotopic (exact) mass is 335 g/mol. The summed E-state index contributed by atoms with van der Waals surface area (Å²) in [6, 6.07) is 9.80. The summed E-state index contributed by atoms with van der Waals surface area (Å²) in [6.45, 7) is 7.87. The lowest BCUT2D eigenvalue weighted by Crippen LogP contribution is -2.53. The van der Waals surface area contributed by atoms with Crippen molar-refractivity contribution in [2.24, 2.45) is 0 Å². The molecule has 0 unspecified atom stereocenters. The van der Waals surface area contributed by atoms with Gasteiger partial charge in [0.25, 0.3) is 0 Å². The van der Waals surface area contributed by atoms with Crippen molar-refractivity contribution < 1.29 is 14.3 Å². The van der Waals surface area contributed by atoms with Gasteiger partial charge in [0.2, 0.25) is 0 Å². The van der Waals surface area contributed by atoms with Crippen LogP contribution in [0.4, 0.5) is 4.79 Å². The summed E-state index contributed by atoms with van der Waals surface area (Å²) in [7, 11) is 2.06. The molecule has 1 atom stereocenters. The van der Waals surface area contributed by atoms with Crippen molar-refractivity contribution in [3.63, 3.8) is 0 Å². The molecule has 0 saturated carbocycles. The van der Waals surface area contributed by atoms with Crippen LogP contribution < -0.4 is 10.6 Å². The molecule has 0 aromatic heterocycles. The van der Waals surface area contributed by atoms with Crippen LogP contribution in [0, 0.1) is 0 Å². The molecule has 1 fully saturated rings. The normalized spacial score (nSPS) is 19.0. The minimum absolute atomic E-state index is 0.0481. The Hall–Kier alpha value is -1.63. The number of rotatable bonds is 7. The summed E-state index contributed by atoms with van der Waals surface area (Å²) < 4.78 is 11.4. The molecule has 1 aliphatic rings. The summed E-state index contributed by atoms with van der Waals surface area (Å²) >= 11 is 0. The summed E-state index contributed by atoms with van der Waals surface area (Å²) in [5, 5.41) is 5.83. The van der Waals surface area contributed by atoms with Gasteiger partial charge in [-0.25, -0.2) is 4.79 Å². The fraction of sp³-hybridized carbons (Fsp3) is 0.611. The van der Waals surface area contributed by atoms with E-state index in [4.69, 9.17) is 9.47 Å². The van der Waals surface area contributed by atoms with Crippen molar-refractivity contribution in [3.05, 3.63) is 35.9 Å². The van der Waals surface area contributed by atoms with Crippen LogP contribution in [0.5, 0.6) is 0 Å². The van der Waals surface area contributed by atoms with Crippen molar-refractivity contribution >= 4 is 6.03 Å². The molecule has 1 aromatic rings. The number of nitrogens with zero attached hydrogens (tertiary/aromatic N) is 1. The molecule has 1 aliphatic heterocycles. The summed E-state index contributed by atoms with van der Waals surface area (Å²) in [5.41, 5.74) is 0.680. The highest BCUT2D eigenvalue weighted by molar-refractivity contribution is 5.74. The van der Waals surface area contributed by atoms with Crippen LogP contribution in [-0.2, 0) is 16.1 Å². The van der Waals surface area contributed by atoms with E-state index in [2.05, 4.69) is 22.6 Å². The maximum atomic E-state index is 12.1. The van der Waals surface area contributed by atoms with Gasteiger partial charge in [-0.05, 0) is 26.5 Å². The van der Waals surface area contributed by atoms with E-state index in [0.29, 0.717) is 26.4 Å². The summed E-state index contributed by atoms with van der Waals surface area (Å²) in [5.74, 6) is 0. The van der Waals surface area contributed by atoms with Crippen molar-refractivity contribution in [1.29, 1.82) is 0 Å². The predicted octanol–water partition coefficient (Wildman–Crippen LogP) is 1.61. The Morgan fingerprint density at radius 2 is 2.12 bits per heavy atom. The molecule has 2 rings (SSSR count). The number of urea groups is 1. The highest BCUT2D eigenvalue weighted by Gasteiger charge is 2.22. The van der Waals surface area contributed by atoms with E-state index in [1.807, 2.05) is 44.2 Å². The van der Waals surface area contributed by atoms with Gasteiger partial charge >= 0.3 is 6.03 Å². The molecule has 24 heavy (non-hydrogen) atoms. The van der Waals surface area contributed by atoms with Gasteiger partial charge in [0.1, 0.15) is 0 Å².